The number of hydrogen-bond donors (Lipinski definition) is 2. The fraction of sp³-hybridized carbons (Fsp3) is 0.929. The molecule has 1 saturated heterocycles. The minimum atomic E-state index is -0.849. The average Bonchev–Trinajstić information content (AvgIpc) is 2.75. The van der Waals surface area contributed by atoms with Crippen molar-refractivity contribution in [1.82, 2.24) is 5.32 Å². The molecule has 0 radical (unpaired) electrons. The van der Waals surface area contributed by atoms with E-state index < -0.39 is 5.54 Å². The van der Waals surface area contributed by atoms with Crippen molar-refractivity contribution in [2.45, 2.75) is 57.7 Å². The summed E-state index contributed by atoms with van der Waals surface area (Å²) in [5.41, 5.74) is 4.87. The highest BCUT2D eigenvalue weighted by molar-refractivity contribution is 5.89. The zero-order chi connectivity index (χ0) is 14.3. The first kappa shape index (κ1) is 14.8. The molecule has 5 nitrogen and oxygen atoms in total. The van der Waals surface area contributed by atoms with Crippen LogP contribution in [0, 0.1) is 5.41 Å². The Morgan fingerprint density at radius 1 is 1.47 bits per heavy atom. The summed E-state index contributed by atoms with van der Waals surface area (Å²) in [6, 6.07) is 0. The van der Waals surface area contributed by atoms with E-state index in [9.17, 15) is 4.79 Å². The molecule has 3 unspecified atom stereocenters. The monoisotopic (exact) mass is 270 g/mol. The SMILES string of the molecule is CCOC1CC(N)(C(=O)NC2(C)CCOC2)C1(C)C. The number of rotatable bonds is 4. The Bertz CT molecular complexity index is 364. The number of nitrogens with two attached hydrogens (primary N) is 1. The predicted molar refractivity (Wildman–Crippen MR) is 72.7 cm³/mol. The van der Waals surface area contributed by atoms with Gasteiger partial charge in [-0.2, -0.15) is 0 Å². The van der Waals surface area contributed by atoms with Crippen LogP contribution in [0.1, 0.15) is 40.5 Å². The Labute approximate surface area is 115 Å². The lowest BCUT2D eigenvalue weighted by atomic mass is 9.54. The van der Waals surface area contributed by atoms with E-state index in [1.54, 1.807) is 0 Å². The molecule has 19 heavy (non-hydrogen) atoms. The van der Waals surface area contributed by atoms with Crippen LogP contribution >= 0.6 is 0 Å². The van der Waals surface area contributed by atoms with Crippen LogP contribution in [0.15, 0.2) is 0 Å². The Morgan fingerprint density at radius 3 is 2.63 bits per heavy atom. The molecule has 1 saturated carbocycles. The van der Waals surface area contributed by atoms with E-state index in [4.69, 9.17) is 15.2 Å². The molecule has 0 aromatic rings. The largest absolute Gasteiger partial charge is 0.379 e. The summed E-state index contributed by atoms with van der Waals surface area (Å²) in [5, 5.41) is 3.07. The van der Waals surface area contributed by atoms with Crippen molar-refractivity contribution in [2.24, 2.45) is 11.1 Å². The summed E-state index contributed by atoms with van der Waals surface area (Å²) in [6.45, 7) is 9.88. The molecule has 0 bridgehead atoms. The van der Waals surface area contributed by atoms with Crippen LogP contribution in [0.4, 0.5) is 0 Å². The summed E-state index contributed by atoms with van der Waals surface area (Å²) in [5.74, 6) is -0.0820. The smallest absolute Gasteiger partial charge is 0.241 e. The minimum Gasteiger partial charge on any atom is -0.379 e. The minimum absolute atomic E-state index is 0.0564. The molecule has 3 N–H and O–H groups in total. The molecule has 0 spiro atoms. The molecule has 1 aliphatic carbocycles. The van der Waals surface area contributed by atoms with Crippen LogP contribution in [-0.4, -0.2) is 42.9 Å². The third-order valence-electron chi connectivity index (χ3n) is 4.87. The fourth-order valence-corrected chi connectivity index (χ4v) is 2.97. The fourth-order valence-electron chi connectivity index (χ4n) is 2.97. The lowest BCUT2D eigenvalue weighted by molar-refractivity contribution is -0.172. The van der Waals surface area contributed by atoms with Gasteiger partial charge in [-0.1, -0.05) is 13.8 Å². The van der Waals surface area contributed by atoms with Gasteiger partial charge in [-0.25, -0.2) is 0 Å². The van der Waals surface area contributed by atoms with Gasteiger partial charge < -0.3 is 20.5 Å². The van der Waals surface area contributed by atoms with Crippen molar-refractivity contribution in [3.63, 3.8) is 0 Å². The van der Waals surface area contributed by atoms with E-state index in [0.29, 0.717) is 26.2 Å². The molecule has 5 heteroatoms. The van der Waals surface area contributed by atoms with Gasteiger partial charge in [0.05, 0.1) is 18.2 Å². The number of carbonyl (C=O) groups excluding carboxylic acids is 1. The van der Waals surface area contributed by atoms with Crippen LogP contribution in [0.3, 0.4) is 0 Å². The van der Waals surface area contributed by atoms with Gasteiger partial charge in [0.1, 0.15) is 5.54 Å². The van der Waals surface area contributed by atoms with Crippen LogP contribution in [0.5, 0.6) is 0 Å². The molecule has 110 valence electrons. The van der Waals surface area contributed by atoms with E-state index in [1.807, 2.05) is 27.7 Å². The second-order valence-corrected chi connectivity index (χ2v) is 6.66. The lowest BCUT2D eigenvalue weighted by Gasteiger charge is -2.58. The summed E-state index contributed by atoms with van der Waals surface area (Å²) >= 11 is 0. The molecule has 2 fully saturated rings. The highest BCUT2D eigenvalue weighted by atomic mass is 16.5. The van der Waals surface area contributed by atoms with Crippen molar-refractivity contribution >= 4 is 5.91 Å². The van der Waals surface area contributed by atoms with Crippen molar-refractivity contribution in [3.8, 4) is 0 Å². The third kappa shape index (κ3) is 2.28. The van der Waals surface area contributed by atoms with Crippen molar-refractivity contribution in [2.75, 3.05) is 19.8 Å². The number of nitrogens with one attached hydrogen (secondary N) is 1. The molecule has 2 rings (SSSR count). The van der Waals surface area contributed by atoms with Gasteiger partial charge in [0, 0.05) is 25.0 Å². The van der Waals surface area contributed by atoms with Gasteiger partial charge in [-0.15, -0.1) is 0 Å². The van der Waals surface area contributed by atoms with Crippen LogP contribution < -0.4 is 11.1 Å². The Balaban J connectivity index is 2.03. The number of ether oxygens (including phenoxy) is 2. The van der Waals surface area contributed by atoms with Gasteiger partial charge in [0.15, 0.2) is 0 Å². The maximum Gasteiger partial charge on any atom is 0.241 e. The lowest BCUT2D eigenvalue weighted by Crippen LogP contribution is -2.77. The van der Waals surface area contributed by atoms with E-state index in [2.05, 4.69) is 5.32 Å². The van der Waals surface area contributed by atoms with Gasteiger partial charge >= 0.3 is 0 Å². The van der Waals surface area contributed by atoms with Gasteiger partial charge in [-0.05, 0) is 20.3 Å². The molecule has 1 aliphatic heterocycles. The Hall–Kier alpha value is -0.650. The molecule has 1 heterocycles. The number of amides is 1. The van der Waals surface area contributed by atoms with Crippen molar-refractivity contribution in [3.05, 3.63) is 0 Å². The zero-order valence-electron chi connectivity index (χ0n) is 12.4. The van der Waals surface area contributed by atoms with Crippen LogP contribution in [0.2, 0.25) is 0 Å². The molecular weight excluding hydrogens is 244 g/mol. The predicted octanol–water partition coefficient (Wildman–Crippen LogP) is 0.814. The quantitative estimate of drug-likeness (QED) is 0.793. The highest BCUT2D eigenvalue weighted by Gasteiger charge is 2.63. The van der Waals surface area contributed by atoms with E-state index in [1.165, 1.54) is 0 Å². The first-order valence-electron chi connectivity index (χ1n) is 7.06. The Morgan fingerprint density at radius 2 is 2.16 bits per heavy atom. The number of carbonyl (C=O) groups is 1. The standard InChI is InChI=1S/C14H26N2O3/c1-5-19-10-8-14(15,12(10,2)3)11(17)16-13(4)6-7-18-9-13/h10H,5-9,15H2,1-4H3,(H,16,17). The maximum atomic E-state index is 12.5. The molecule has 3 atom stereocenters. The third-order valence-corrected chi connectivity index (χ3v) is 4.87. The first-order chi connectivity index (χ1) is 8.75. The topological polar surface area (TPSA) is 73.6 Å². The summed E-state index contributed by atoms with van der Waals surface area (Å²) in [7, 11) is 0. The average molecular weight is 270 g/mol. The van der Waals surface area contributed by atoms with Gasteiger partial charge in [-0.3, -0.25) is 4.79 Å². The second kappa shape index (κ2) is 4.72. The van der Waals surface area contributed by atoms with E-state index >= 15 is 0 Å². The van der Waals surface area contributed by atoms with Crippen LogP contribution in [0.25, 0.3) is 0 Å². The van der Waals surface area contributed by atoms with Crippen LogP contribution in [-0.2, 0) is 14.3 Å². The molecular formula is C14H26N2O3. The number of hydrogen-bond acceptors (Lipinski definition) is 4. The van der Waals surface area contributed by atoms with Crippen molar-refractivity contribution < 1.29 is 14.3 Å². The normalized spacial score (nSPS) is 40.8. The second-order valence-electron chi connectivity index (χ2n) is 6.66. The van der Waals surface area contributed by atoms with Crippen molar-refractivity contribution in [1.29, 1.82) is 0 Å². The molecule has 2 aliphatic rings. The summed E-state index contributed by atoms with van der Waals surface area (Å²) in [4.78, 5) is 12.5. The molecule has 0 aromatic carbocycles. The van der Waals surface area contributed by atoms with E-state index in [-0.39, 0.29) is 23.0 Å². The first-order valence-corrected chi connectivity index (χ1v) is 7.06. The summed E-state index contributed by atoms with van der Waals surface area (Å²) in [6.07, 6.45) is 1.47. The molecule has 1 amide bonds. The zero-order valence-corrected chi connectivity index (χ0v) is 12.4. The Kier molecular flexibility index (Phi) is 3.66. The molecule has 0 aromatic heterocycles. The summed E-state index contributed by atoms with van der Waals surface area (Å²) < 4.78 is 11.0. The highest BCUT2D eigenvalue weighted by Crippen LogP contribution is 2.50. The van der Waals surface area contributed by atoms with Gasteiger partial charge in [0.2, 0.25) is 5.91 Å². The van der Waals surface area contributed by atoms with Gasteiger partial charge in [0.25, 0.3) is 0 Å². The van der Waals surface area contributed by atoms with E-state index in [0.717, 1.165) is 6.42 Å². The maximum absolute atomic E-state index is 12.5.